The Balaban J connectivity index is 2.14. The van der Waals surface area contributed by atoms with Crippen LogP contribution >= 0.6 is 11.3 Å². The molecule has 1 aromatic rings. The van der Waals surface area contributed by atoms with Crippen LogP contribution in [-0.4, -0.2) is 23.1 Å². The molecule has 0 aliphatic carbocycles. The van der Waals surface area contributed by atoms with Gasteiger partial charge >= 0.3 is 5.97 Å². The van der Waals surface area contributed by atoms with Crippen LogP contribution in [0.1, 0.15) is 37.1 Å². The molecule has 0 bridgehead atoms. The first-order valence-electron chi connectivity index (χ1n) is 5.71. The number of thiazole rings is 1. The summed E-state index contributed by atoms with van der Waals surface area (Å²) in [5, 5.41) is 4.27. The number of hydrogen-bond donors (Lipinski definition) is 1. The van der Waals surface area contributed by atoms with Gasteiger partial charge in [-0.15, -0.1) is 11.3 Å². The van der Waals surface area contributed by atoms with Gasteiger partial charge in [-0.1, -0.05) is 0 Å². The van der Waals surface area contributed by atoms with E-state index in [1.54, 1.807) is 11.3 Å². The van der Waals surface area contributed by atoms with Gasteiger partial charge in [-0.3, -0.25) is 4.79 Å². The molecule has 4 nitrogen and oxygen atoms in total. The van der Waals surface area contributed by atoms with E-state index in [4.69, 9.17) is 4.74 Å². The highest BCUT2D eigenvalue weighted by Gasteiger charge is 2.15. The second-order valence-corrected chi connectivity index (χ2v) is 6.18. The number of rotatable bonds is 5. The number of nitrogens with one attached hydrogen (secondary N) is 1. The molecule has 0 radical (unpaired) electrons. The van der Waals surface area contributed by atoms with Crippen molar-refractivity contribution in [2.75, 3.05) is 6.54 Å². The fourth-order valence-electron chi connectivity index (χ4n) is 1.28. The Morgan fingerprint density at radius 1 is 1.53 bits per heavy atom. The van der Waals surface area contributed by atoms with Gasteiger partial charge in [-0.25, -0.2) is 4.98 Å². The Labute approximate surface area is 106 Å². The van der Waals surface area contributed by atoms with Crippen molar-refractivity contribution in [3.63, 3.8) is 0 Å². The van der Waals surface area contributed by atoms with Crippen LogP contribution in [0, 0.1) is 6.92 Å². The number of aromatic nitrogens is 1. The maximum atomic E-state index is 11.4. The highest BCUT2D eigenvalue weighted by Crippen LogP contribution is 2.11. The third-order valence-corrected chi connectivity index (χ3v) is 2.81. The maximum absolute atomic E-state index is 11.4. The summed E-state index contributed by atoms with van der Waals surface area (Å²) in [5.74, 6) is -0.162. The Morgan fingerprint density at radius 2 is 2.24 bits per heavy atom. The van der Waals surface area contributed by atoms with Gasteiger partial charge in [-0.05, 0) is 27.7 Å². The van der Waals surface area contributed by atoms with Crippen molar-refractivity contribution in [2.45, 2.75) is 46.3 Å². The monoisotopic (exact) mass is 256 g/mol. The van der Waals surface area contributed by atoms with Crippen molar-refractivity contribution in [1.82, 2.24) is 10.3 Å². The van der Waals surface area contributed by atoms with Gasteiger partial charge < -0.3 is 10.1 Å². The van der Waals surface area contributed by atoms with Crippen molar-refractivity contribution in [3.05, 3.63) is 16.1 Å². The van der Waals surface area contributed by atoms with Crippen molar-refractivity contribution < 1.29 is 9.53 Å². The van der Waals surface area contributed by atoms with Crippen LogP contribution in [0.5, 0.6) is 0 Å². The normalized spacial score (nSPS) is 11.5. The molecule has 1 rings (SSSR count). The highest BCUT2D eigenvalue weighted by atomic mass is 32.1. The van der Waals surface area contributed by atoms with E-state index in [2.05, 4.69) is 10.3 Å². The van der Waals surface area contributed by atoms with Crippen molar-refractivity contribution in [3.8, 4) is 0 Å². The van der Waals surface area contributed by atoms with Crippen LogP contribution in [0.2, 0.25) is 0 Å². The minimum atomic E-state index is -0.397. The molecule has 0 atom stereocenters. The van der Waals surface area contributed by atoms with Crippen LogP contribution in [0.4, 0.5) is 0 Å². The predicted octanol–water partition coefficient (Wildman–Crippen LogP) is 2.27. The smallest absolute Gasteiger partial charge is 0.307 e. The molecule has 1 N–H and O–H groups in total. The molecule has 17 heavy (non-hydrogen) atoms. The largest absolute Gasteiger partial charge is 0.460 e. The number of nitrogens with zero attached hydrogens (tertiary/aromatic N) is 1. The van der Waals surface area contributed by atoms with Crippen molar-refractivity contribution >= 4 is 17.3 Å². The molecule has 0 spiro atoms. The lowest BCUT2D eigenvalue weighted by atomic mass is 10.2. The SMILES string of the molecule is Cc1ncc(CNCCC(=O)OC(C)(C)C)s1. The van der Waals surface area contributed by atoms with Crippen molar-refractivity contribution in [1.29, 1.82) is 0 Å². The topological polar surface area (TPSA) is 51.2 Å². The maximum Gasteiger partial charge on any atom is 0.307 e. The van der Waals surface area contributed by atoms with E-state index < -0.39 is 5.60 Å². The first-order chi connectivity index (χ1) is 7.87. The fourth-order valence-corrected chi connectivity index (χ4v) is 2.05. The molecule has 0 aromatic carbocycles. The zero-order valence-electron chi connectivity index (χ0n) is 10.9. The molecule has 0 aliphatic heterocycles. The standard InChI is InChI=1S/C12H20N2O2S/c1-9-14-8-10(17-9)7-13-6-5-11(15)16-12(2,3)4/h8,13H,5-7H2,1-4H3. The molecule has 0 saturated carbocycles. The van der Waals surface area contributed by atoms with E-state index in [0.717, 1.165) is 11.6 Å². The average Bonchev–Trinajstić information content (AvgIpc) is 2.56. The van der Waals surface area contributed by atoms with Crippen LogP contribution in [0.25, 0.3) is 0 Å². The molecule has 1 aromatic heterocycles. The quantitative estimate of drug-likeness (QED) is 0.648. The molecule has 1 heterocycles. The van der Waals surface area contributed by atoms with Gasteiger partial charge in [0.05, 0.1) is 11.4 Å². The summed E-state index contributed by atoms with van der Waals surface area (Å²) in [6.07, 6.45) is 2.26. The summed E-state index contributed by atoms with van der Waals surface area (Å²) in [7, 11) is 0. The summed E-state index contributed by atoms with van der Waals surface area (Å²) in [5.41, 5.74) is -0.397. The van der Waals surface area contributed by atoms with Gasteiger partial charge in [0.25, 0.3) is 0 Å². The Morgan fingerprint density at radius 3 is 2.76 bits per heavy atom. The zero-order chi connectivity index (χ0) is 12.9. The van der Waals surface area contributed by atoms with E-state index in [1.165, 1.54) is 4.88 Å². The summed E-state index contributed by atoms with van der Waals surface area (Å²) < 4.78 is 5.21. The number of ether oxygens (including phenoxy) is 1. The van der Waals surface area contributed by atoms with Gasteiger partial charge in [-0.2, -0.15) is 0 Å². The molecule has 96 valence electrons. The van der Waals surface area contributed by atoms with Gasteiger partial charge in [0, 0.05) is 24.2 Å². The van der Waals surface area contributed by atoms with Crippen molar-refractivity contribution in [2.24, 2.45) is 0 Å². The lowest BCUT2D eigenvalue weighted by molar-refractivity contribution is -0.154. The predicted molar refractivity (Wildman–Crippen MR) is 69.0 cm³/mol. The number of carbonyl (C=O) groups is 1. The van der Waals surface area contributed by atoms with E-state index in [1.807, 2.05) is 33.9 Å². The lowest BCUT2D eigenvalue weighted by Gasteiger charge is -2.19. The average molecular weight is 256 g/mol. The lowest BCUT2D eigenvalue weighted by Crippen LogP contribution is -2.26. The Hall–Kier alpha value is -0.940. The summed E-state index contributed by atoms with van der Waals surface area (Å²) >= 11 is 1.67. The van der Waals surface area contributed by atoms with Crippen LogP contribution < -0.4 is 5.32 Å². The van der Waals surface area contributed by atoms with Gasteiger partial charge in [0.1, 0.15) is 5.60 Å². The minimum absolute atomic E-state index is 0.162. The van der Waals surface area contributed by atoms with Gasteiger partial charge in [0.2, 0.25) is 0 Å². The van der Waals surface area contributed by atoms with E-state index >= 15 is 0 Å². The molecule has 0 unspecified atom stereocenters. The summed E-state index contributed by atoms with van der Waals surface area (Å²) in [6.45, 7) is 8.99. The summed E-state index contributed by atoms with van der Waals surface area (Å²) in [6, 6.07) is 0. The van der Waals surface area contributed by atoms with E-state index in [0.29, 0.717) is 13.0 Å². The van der Waals surface area contributed by atoms with E-state index in [9.17, 15) is 4.79 Å². The number of esters is 1. The molecule has 5 heteroatoms. The molecule has 0 fully saturated rings. The fraction of sp³-hybridized carbons (Fsp3) is 0.667. The molecule has 0 saturated heterocycles. The minimum Gasteiger partial charge on any atom is -0.460 e. The van der Waals surface area contributed by atoms with Crippen LogP contribution in [-0.2, 0) is 16.1 Å². The highest BCUT2D eigenvalue weighted by molar-refractivity contribution is 7.11. The molecule has 0 aliphatic rings. The molecular weight excluding hydrogens is 236 g/mol. The third-order valence-electron chi connectivity index (χ3n) is 1.89. The number of aryl methyl sites for hydroxylation is 1. The molecule has 0 amide bonds. The Bertz CT molecular complexity index is 369. The Kier molecular flexibility index (Phi) is 5.08. The number of carbonyl (C=O) groups excluding carboxylic acids is 1. The molecular formula is C12H20N2O2S. The first-order valence-corrected chi connectivity index (χ1v) is 6.52. The number of hydrogen-bond acceptors (Lipinski definition) is 5. The van der Waals surface area contributed by atoms with E-state index in [-0.39, 0.29) is 5.97 Å². The third kappa shape index (κ3) is 6.38. The zero-order valence-corrected chi connectivity index (χ0v) is 11.7. The van der Waals surface area contributed by atoms with Crippen LogP contribution in [0.15, 0.2) is 6.20 Å². The van der Waals surface area contributed by atoms with Gasteiger partial charge in [0.15, 0.2) is 0 Å². The second kappa shape index (κ2) is 6.12. The summed E-state index contributed by atoms with van der Waals surface area (Å²) in [4.78, 5) is 16.8. The second-order valence-electron chi connectivity index (χ2n) is 4.86. The first kappa shape index (κ1) is 14.1. The van der Waals surface area contributed by atoms with Crippen LogP contribution in [0.3, 0.4) is 0 Å².